The quantitative estimate of drug-likeness (QED) is 0.713. The topological polar surface area (TPSA) is 84.4 Å². The summed E-state index contributed by atoms with van der Waals surface area (Å²) in [6.45, 7) is 6.82. The summed E-state index contributed by atoms with van der Waals surface area (Å²) < 4.78 is 16.3. The fourth-order valence-electron chi connectivity index (χ4n) is 3.29. The van der Waals surface area contributed by atoms with Gasteiger partial charge in [-0.3, -0.25) is 9.80 Å². The summed E-state index contributed by atoms with van der Waals surface area (Å²) in [5.41, 5.74) is 1.23. The summed E-state index contributed by atoms with van der Waals surface area (Å²) in [6.07, 6.45) is 0. The maximum atomic E-state index is 11.1. The summed E-state index contributed by atoms with van der Waals surface area (Å²) >= 11 is 1.39. The number of hydrogen-bond donors (Lipinski definition) is 1. The van der Waals surface area contributed by atoms with Gasteiger partial charge in [-0.05, 0) is 17.7 Å². The minimum absolute atomic E-state index is 0.108. The second-order valence-corrected chi connectivity index (χ2v) is 7.73. The number of benzene rings is 1. The van der Waals surface area contributed by atoms with Crippen LogP contribution in [-0.4, -0.2) is 72.0 Å². The first-order valence-corrected chi connectivity index (χ1v) is 10.1. The first kappa shape index (κ1) is 19.1. The van der Waals surface area contributed by atoms with Gasteiger partial charge in [-0.25, -0.2) is 9.78 Å². The van der Waals surface area contributed by atoms with Gasteiger partial charge in [0.05, 0.1) is 19.8 Å². The molecule has 2 aromatic rings. The zero-order valence-corrected chi connectivity index (χ0v) is 16.3. The van der Waals surface area contributed by atoms with Gasteiger partial charge in [0, 0.05) is 38.1 Å². The number of carbonyl (C=O) groups is 1. The van der Waals surface area contributed by atoms with E-state index in [0.29, 0.717) is 6.54 Å². The maximum absolute atomic E-state index is 11.1. The molecule has 3 heterocycles. The number of morpholine rings is 1. The SMILES string of the molecule is O=C(O)c1csc(CN(CCN2CCOCC2)Cc2ccc3c(c2)OCO3)n1. The van der Waals surface area contributed by atoms with Crippen LogP contribution in [0.15, 0.2) is 23.6 Å². The molecule has 28 heavy (non-hydrogen) atoms. The summed E-state index contributed by atoms with van der Waals surface area (Å²) in [5, 5.41) is 11.5. The van der Waals surface area contributed by atoms with E-state index in [1.807, 2.05) is 18.2 Å². The number of carboxylic acids is 1. The number of hydrogen-bond acceptors (Lipinski definition) is 8. The number of aromatic nitrogens is 1. The van der Waals surface area contributed by atoms with Crippen LogP contribution in [0, 0.1) is 0 Å². The largest absolute Gasteiger partial charge is 0.476 e. The van der Waals surface area contributed by atoms with E-state index in [0.717, 1.165) is 68.0 Å². The van der Waals surface area contributed by atoms with E-state index in [4.69, 9.17) is 19.3 Å². The van der Waals surface area contributed by atoms with Crippen LogP contribution in [0.25, 0.3) is 0 Å². The third-order valence-corrected chi connectivity index (χ3v) is 5.64. The normalized spacial score (nSPS) is 16.6. The van der Waals surface area contributed by atoms with Gasteiger partial charge in [0.2, 0.25) is 6.79 Å². The molecule has 0 spiro atoms. The van der Waals surface area contributed by atoms with Crippen LogP contribution in [0.2, 0.25) is 0 Å². The Morgan fingerprint density at radius 3 is 2.82 bits per heavy atom. The van der Waals surface area contributed by atoms with Crippen molar-refractivity contribution in [2.24, 2.45) is 0 Å². The minimum Gasteiger partial charge on any atom is -0.476 e. The number of thiazole rings is 1. The van der Waals surface area contributed by atoms with E-state index < -0.39 is 5.97 Å². The summed E-state index contributed by atoms with van der Waals surface area (Å²) in [7, 11) is 0. The number of carboxylic acid groups (broad SMARTS) is 1. The lowest BCUT2D eigenvalue weighted by molar-refractivity contribution is 0.0325. The van der Waals surface area contributed by atoms with E-state index in [1.54, 1.807) is 5.38 Å². The molecule has 0 aliphatic carbocycles. The molecule has 150 valence electrons. The van der Waals surface area contributed by atoms with Crippen molar-refractivity contribution in [2.75, 3.05) is 46.2 Å². The third kappa shape index (κ3) is 4.79. The summed E-state index contributed by atoms with van der Waals surface area (Å²) in [6, 6.07) is 5.98. The monoisotopic (exact) mass is 405 g/mol. The lowest BCUT2D eigenvalue weighted by Crippen LogP contribution is -2.41. The Kier molecular flexibility index (Phi) is 6.06. The average Bonchev–Trinajstić information content (AvgIpc) is 3.36. The molecule has 1 fully saturated rings. The fourth-order valence-corrected chi connectivity index (χ4v) is 4.10. The molecule has 0 unspecified atom stereocenters. The summed E-state index contributed by atoms with van der Waals surface area (Å²) in [4.78, 5) is 20.0. The zero-order valence-electron chi connectivity index (χ0n) is 15.5. The number of rotatable bonds is 8. The van der Waals surface area contributed by atoms with Gasteiger partial charge >= 0.3 is 5.97 Å². The maximum Gasteiger partial charge on any atom is 0.355 e. The smallest absolute Gasteiger partial charge is 0.355 e. The first-order chi connectivity index (χ1) is 13.7. The Hall–Kier alpha value is -2.20. The Bertz CT molecular complexity index is 822. The predicted octanol–water partition coefficient (Wildman–Crippen LogP) is 1.90. The van der Waals surface area contributed by atoms with Gasteiger partial charge in [0.15, 0.2) is 17.2 Å². The first-order valence-electron chi connectivity index (χ1n) is 9.26. The number of fused-ring (bicyclic) bond motifs is 1. The Balaban J connectivity index is 1.44. The van der Waals surface area contributed by atoms with Crippen LogP contribution in [0.4, 0.5) is 0 Å². The molecule has 0 atom stereocenters. The Morgan fingerprint density at radius 1 is 1.21 bits per heavy atom. The van der Waals surface area contributed by atoms with Crippen LogP contribution in [0.3, 0.4) is 0 Å². The van der Waals surface area contributed by atoms with E-state index in [2.05, 4.69) is 14.8 Å². The molecule has 0 amide bonds. The molecule has 8 nitrogen and oxygen atoms in total. The molecule has 1 aromatic heterocycles. The molecule has 0 bridgehead atoms. The van der Waals surface area contributed by atoms with E-state index in [1.165, 1.54) is 11.3 Å². The Labute approximate surface area is 167 Å². The molecule has 4 rings (SSSR count). The highest BCUT2D eigenvalue weighted by Crippen LogP contribution is 2.33. The highest BCUT2D eigenvalue weighted by atomic mass is 32.1. The van der Waals surface area contributed by atoms with Crippen LogP contribution < -0.4 is 9.47 Å². The number of aromatic carboxylic acids is 1. The molecular formula is C19H23N3O5S. The van der Waals surface area contributed by atoms with Crippen molar-refractivity contribution >= 4 is 17.3 Å². The molecule has 0 radical (unpaired) electrons. The van der Waals surface area contributed by atoms with Crippen molar-refractivity contribution < 1.29 is 24.1 Å². The molecule has 2 aliphatic heterocycles. The predicted molar refractivity (Wildman–Crippen MR) is 103 cm³/mol. The molecule has 0 saturated carbocycles. The van der Waals surface area contributed by atoms with Crippen molar-refractivity contribution in [2.45, 2.75) is 13.1 Å². The van der Waals surface area contributed by atoms with Gasteiger partial charge in [-0.2, -0.15) is 0 Å². The second-order valence-electron chi connectivity index (χ2n) is 6.78. The molecule has 9 heteroatoms. The van der Waals surface area contributed by atoms with E-state index in [9.17, 15) is 4.79 Å². The van der Waals surface area contributed by atoms with Gasteiger partial charge in [-0.15, -0.1) is 11.3 Å². The molecule has 1 aromatic carbocycles. The van der Waals surface area contributed by atoms with E-state index >= 15 is 0 Å². The highest BCUT2D eigenvalue weighted by Gasteiger charge is 2.18. The van der Waals surface area contributed by atoms with Gasteiger partial charge < -0.3 is 19.3 Å². The Morgan fingerprint density at radius 2 is 2.04 bits per heavy atom. The highest BCUT2D eigenvalue weighted by molar-refractivity contribution is 7.09. The number of nitrogens with zero attached hydrogens (tertiary/aromatic N) is 3. The molecule has 1 N–H and O–H groups in total. The van der Waals surface area contributed by atoms with Gasteiger partial charge in [0.1, 0.15) is 5.01 Å². The lowest BCUT2D eigenvalue weighted by Gasteiger charge is -2.29. The van der Waals surface area contributed by atoms with Gasteiger partial charge in [-0.1, -0.05) is 6.07 Å². The molecule has 2 aliphatic rings. The van der Waals surface area contributed by atoms with Crippen molar-refractivity contribution in [3.63, 3.8) is 0 Å². The lowest BCUT2D eigenvalue weighted by atomic mass is 10.2. The van der Waals surface area contributed by atoms with Crippen molar-refractivity contribution in [1.82, 2.24) is 14.8 Å². The van der Waals surface area contributed by atoms with E-state index in [-0.39, 0.29) is 12.5 Å². The van der Waals surface area contributed by atoms with Crippen LogP contribution in [-0.2, 0) is 17.8 Å². The van der Waals surface area contributed by atoms with Crippen molar-refractivity contribution in [3.05, 3.63) is 39.8 Å². The molecular weight excluding hydrogens is 382 g/mol. The minimum atomic E-state index is -0.988. The van der Waals surface area contributed by atoms with Crippen LogP contribution in [0.5, 0.6) is 11.5 Å². The summed E-state index contributed by atoms with van der Waals surface area (Å²) in [5.74, 6) is 0.556. The van der Waals surface area contributed by atoms with Crippen molar-refractivity contribution in [1.29, 1.82) is 0 Å². The third-order valence-electron chi connectivity index (χ3n) is 4.81. The zero-order chi connectivity index (χ0) is 19.3. The standard InChI is InChI=1S/C19H23N3O5S/c23-19(24)15-12-28-18(20-15)11-22(4-3-21-5-7-25-8-6-21)10-14-1-2-16-17(9-14)27-13-26-16/h1-2,9,12H,3-8,10-11,13H2,(H,23,24). The van der Waals surface area contributed by atoms with Crippen LogP contribution >= 0.6 is 11.3 Å². The van der Waals surface area contributed by atoms with Crippen LogP contribution in [0.1, 0.15) is 21.1 Å². The van der Waals surface area contributed by atoms with Crippen molar-refractivity contribution in [3.8, 4) is 11.5 Å². The van der Waals surface area contributed by atoms with Gasteiger partial charge in [0.25, 0.3) is 0 Å². The second kappa shape index (κ2) is 8.87. The average molecular weight is 405 g/mol. The number of ether oxygens (including phenoxy) is 3. The fraction of sp³-hybridized carbons (Fsp3) is 0.474. The molecule has 1 saturated heterocycles.